The van der Waals surface area contributed by atoms with E-state index in [1.54, 1.807) is 0 Å². The maximum atomic E-state index is 11.2. The van der Waals surface area contributed by atoms with Crippen LogP contribution in [0, 0.1) is 11.3 Å². The van der Waals surface area contributed by atoms with Gasteiger partial charge in [-0.25, -0.2) is 8.42 Å². The molecule has 80 valence electrons. The van der Waals surface area contributed by atoms with Gasteiger partial charge in [-0.15, -0.1) is 0 Å². The topological polar surface area (TPSA) is 70.0 Å². The Labute approximate surface area is 97.5 Å². The Kier molecular flexibility index (Phi) is 3.80. The SMILES string of the molecule is N#CCS(=O)(=O)Nc1cc(Cl)ccc1Cl. The molecule has 0 fully saturated rings. The van der Waals surface area contributed by atoms with Gasteiger partial charge in [-0.2, -0.15) is 5.26 Å². The van der Waals surface area contributed by atoms with Crippen LogP contribution in [0.3, 0.4) is 0 Å². The number of rotatable bonds is 3. The van der Waals surface area contributed by atoms with E-state index < -0.39 is 15.8 Å². The Morgan fingerprint density at radius 1 is 1.40 bits per heavy atom. The van der Waals surface area contributed by atoms with Crippen molar-refractivity contribution in [2.75, 3.05) is 10.5 Å². The second kappa shape index (κ2) is 4.71. The third-order valence-electron chi connectivity index (χ3n) is 1.45. The molecule has 0 saturated heterocycles. The first kappa shape index (κ1) is 12.1. The van der Waals surface area contributed by atoms with Crippen LogP contribution < -0.4 is 4.72 Å². The van der Waals surface area contributed by atoms with Gasteiger partial charge in [0.25, 0.3) is 0 Å². The number of nitriles is 1. The molecule has 0 aliphatic carbocycles. The van der Waals surface area contributed by atoms with Crippen molar-refractivity contribution in [2.45, 2.75) is 0 Å². The first-order chi connectivity index (χ1) is 6.94. The Bertz CT molecular complexity index is 508. The summed E-state index contributed by atoms with van der Waals surface area (Å²) in [4.78, 5) is 0. The zero-order valence-corrected chi connectivity index (χ0v) is 9.70. The molecule has 0 aliphatic heterocycles. The quantitative estimate of drug-likeness (QED) is 0.911. The summed E-state index contributed by atoms with van der Waals surface area (Å²) in [7, 11) is -3.68. The van der Waals surface area contributed by atoms with Crippen molar-refractivity contribution in [3.63, 3.8) is 0 Å². The minimum atomic E-state index is -3.68. The van der Waals surface area contributed by atoms with Crippen molar-refractivity contribution in [2.24, 2.45) is 0 Å². The van der Waals surface area contributed by atoms with Crippen molar-refractivity contribution in [1.82, 2.24) is 0 Å². The van der Waals surface area contributed by atoms with Crippen molar-refractivity contribution in [3.8, 4) is 6.07 Å². The third kappa shape index (κ3) is 3.59. The van der Waals surface area contributed by atoms with Gasteiger partial charge in [0.05, 0.1) is 16.8 Å². The molecule has 0 aliphatic rings. The molecular weight excluding hydrogens is 259 g/mol. The molecule has 0 heterocycles. The number of sulfonamides is 1. The summed E-state index contributed by atoms with van der Waals surface area (Å²) in [6, 6.07) is 5.91. The van der Waals surface area contributed by atoms with E-state index >= 15 is 0 Å². The summed E-state index contributed by atoms with van der Waals surface area (Å²) in [5, 5.41) is 8.85. The lowest BCUT2D eigenvalue weighted by Gasteiger charge is -2.07. The molecule has 7 heteroatoms. The van der Waals surface area contributed by atoms with Gasteiger partial charge in [-0.05, 0) is 18.2 Å². The first-order valence-corrected chi connectivity index (χ1v) is 6.18. The highest BCUT2D eigenvalue weighted by molar-refractivity contribution is 7.92. The molecule has 15 heavy (non-hydrogen) atoms. The predicted molar refractivity (Wildman–Crippen MR) is 59.5 cm³/mol. The number of anilines is 1. The first-order valence-electron chi connectivity index (χ1n) is 3.77. The van der Waals surface area contributed by atoms with Gasteiger partial charge in [0, 0.05) is 5.02 Å². The number of hydrogen-bond donors (Lipinski definition) is 1. The van der Waals surface area contributed by atoms with E-state index in [0.29, 0.717) is 5.02 Å². The van der Waals surface area contributed by atoms with E-state index in [1.807, 2.05) is 0 Å². The summed E-state index contributed by atoms with van der Waals surface area (Å²) in [5.74, 6) is -0.629. The average molecular weight is 265 g/mol. The zero-order valence-electron chi connectivity index (χ0n) is 7.37. The van der Waals surface area contributed by atoms with Crippen LogP contribution in [-0.2, 0) is 10.0 Å². The minimum absolute atomic E-state index is 0.166. The van der Waals surface area contributed by atoms with Gasteiger partial charge in [0.2, 0.25) is 10.0 Å². The smallest absolute Gasteiger partial charge is 0.246 e. The fraction of sp³-hybridized carbons (Fsp3) is 0.125. The molecule has 0 spiro atoms. The molecule has 0 amide bonds. The second-order valence-corrected chi connectivity index (χ2v) is 5.21. The van der Waals surface area contributed by atoms with E-state index in [0.717, 1.165) is 0 Å². The van der Waals surface area contributed by atoms with Crippen molar-refractivity contribution in [1.29, 1.82) is 5.26 Å². The van der Waals surface area contributed by atoms with E-state index in [1.165, 1.54) is 24.3 Å². The highest BCUT2D eigenvalue weighted by Gasteiger charge is 2.11. The lowest BCUT2D eigenvalue weighted by Crippen LogP contribution is -2.15. The summed E-state index contributed by atoms with van der Waals surface area (Å²) in [6.07, 6.45) is 0. The molecule has 0 atom stereocenters. The average Bonchev–Trinajstić information content (AvgIpc) is 2.10. The molecule has 4 nitrogen and oxygen atoms in total. The normalized spacial score (nSPS) is 10.7. The molecule has 0 radical (unpaired) electrons. The summed E-state index contributed by atoms with van der Waals surface area (Å²) < 4.78 is 24.6. The molecule has 0 unspecified atom stereocenters. The van der Waals surface area contributed by atoms with Crippen molar-refractivity contribution >= 4 is 38.9 Å². The largest absolute Gasteiger partial charge is 0.281 e. The lowest BCUT2D eigenvalue weighted by molar-refractivity contribution is 0.604. The van der Waals surface area contributed by atoms with Crippen LogP contribution in [0.4, 0.5) is 5.69 Å². The second-order valence-electron chi connectivity index (χ2n) is 2.64. The standard InChI is InChI=1S/C8H6Cl2N2O2S/c9-6-1-2-7(10)8(5-6)12-15(13,14)4-3-11/h1-2,5,12H,4H2. The Balaban J connectivity index is 3.00. The van der Waals surface area contributed by atoms with Gasteiger partial charge in [0.15, 0.2) is 5.75 Å². The number of hydrogen-bond acceptors (Lipinski definition) is 3. The molecule has 1 aromatic rings. The lowest BCUT2D eigenvalue weighted by atomic mass is 10.3. The third-order valence-corrected chi connectivity index (χ3v) is 3.05. The fourth-order valence-corrected chi connectivity index (χ4v) is 2.00. The fourth-order valence-electron chi connectivity index (χ4n) is 0.864. The number of halogens is 2. The van der Waals surface area contributed by atoms with Crippen LogP contribution in [-0.4, -0.2) is 14.2 Å². The van der Waals surface area contributed by atoms with Crippen LogP contribution in [0.2, 0.25) is 10.0 Å². The van der Waals surface area contributed by atoms with Gasteiger partial charge >= 0.3 is 0 Å². The van der Waals surface area contributed by atoms with Gasteiger partial charge in [-0.3, -0.25) is 4.72 Å². The highest BCUT2D eigenvalue weighted by atomic mass is 35.5. The Morgan fingerprint density at radius 2 is 2.07 bits per heavy atom. The van der Waals surface area contributed by atoms with Crippen molar-refractivity contribution in [3.05, 3.63) is 28.2 Å². The maximum absolute atomic E-state index is 11.2. The van der Waals surface area contributed by atoms with Gasteiger partial charge < -0.3 is 0 Å². The van der Waals surface area contributed by atoms with Crippen molar-refractivity contribution < 1.29 is 8.42 Å². The van der Waals surface area contributed by atoms with E-state index in [9.17, 15) is 8.42 Å². The van der Waals surface area contributed by atoms with E-state index in [4.69, 9.17) is 28.5 Å². The van der Waals surface area contributed by atoms with Crippen LogP contribution >= 0.6 is 23.2 Å². The van der Waals surface area contributed by atoms with Crippen LogP contribution in [0.15, 0.2) is 18.2 Å². The van der Waals surface area contributed by atoms with E-state index in [-0.39, 0.29) is 10.7 Å². The molecule has 1 aromatic carbocycles. The van der Waals surface area contributed by atoms with Crippen LogP contribution in [0.1, 0.15) is 0 Å². The number of benzene rings is 1. The Morgan fingerprint density at radius 3 is 2.67 bits per heavy atom. The van der Waals surface area contributed by atoms with Gasteiger partial charge in [0.1, 0.15) is 0 Å². The molecule has 0 bridgehead atoms. The molecular formula is C8H6Cl2N2O2S. The molecule has 1 N–H and O–H groups in total. The molecule has 0 aromatic heterocycles. The monoisotopic (exact) mass is 264 g/mol. The van der Waals surface area contributed by atoms with Crippen LogP contribution in [0.25, 0.3) is 0 Å². The predicted octanol–water partition coefficient (Wildman–Crippen LogP) is 2.26. The van der Waals surface area contributed by atoms with E-state index in [2.05, 4.69) is 4.72 Å². The molecule has 0 saturated carbocycles. The summed E-state index contributed by atoms with van der Waals surface area (Å²) in [6.45, 7) is 0. The van der Waals surface area contributed by atoms with Crippen LogP contribution in [0.5, 0.6) is 0 Å². The maximum Gasteiger partial charge on any atom is 0.246 e. The molecule has 1 rings (SSSR count). The number of nitrogens with one attached hydrogen (secondary N) is 1. The minimum Gasteiger partial charge on any atom is -0.281 e. The summed E-state index contributed by atoms with van der Waals surface area (Å²) >= 11 is 11.4. The zero-order chi connectivity index (χ0) is 11.5. The highest BCUT2D eigenvalue weighted by Crippen LogP contribution is 2.26. The number of nitrogens with zero attached hydrogens (tertiary/aromatic N) is 1. The Hall–Kier alpha value is -0.960. The summed E-state index contributed by atoms with van der Waals surface area (Å²) in [5.41, 5.74) is 0.166. The van der Waals surface area contributed by atoms with Gasteiger partial charge in [-0.1, -0.05) is 23.2 Å².